The fourth-order valence-electron chi connectivity index (χ4n) is 2.33. The molecule has 4 nitrogen and oxygen atoms in total. The zero-order chi connectivity index (χ0) is 17.3. The molecule has 0 saturated carbocycles. The Labute approximate surface area is 156 Å². The lowest BCUT2D eigenvalue weighted by molar-refractivity contribution is 0.834. The largest absolute Gasteiger partial charge is 0.295 e. The van der Waals surface area contributed by atoms with Gasteiger partial charge in [0.05, 0.1) is 16.9 Å². The van der Waals surface area contributed by atoms with Gasteiger partial charge in [-0.3, -0.25) is 14.9 Å². The average Bonchev–Trinajstić information content (AvgIpc) is 2.84. The van der Waals surface area contributed by atoms with Crippen LogP contribution in [0.25, 0.3) is 5.69 Å². The lowest BCUT2D eigenvalue weighted by Gasteiger charge is -2.04. The normalized spacial score (nSPS) is 11.3. The summed E-state index contributed by atoms with van der Waals surface area (Å²) in [6.45, 7) is 3.86. The predicted octanol–water partition coefficient (Wildman–Crippen LogP) is 5.06. The molecule has 0 saturated heterocycles. The molecule has 0 fully saturated rings. The summed E-state index contributed by atoms with van der Waals surface area (Å²) in [6.07, 6.45) is 1.61. The molecule has 1 N–H and O–H groups in total. The first-order valence-electron chi connectivity index (χ1n) is 7.33. The number of rotatable bonds is 3. The monoisotopic (exact) mass is 447 g/mol. The SMILES string of the molecule is Cc1cc(-n2[nH]c(C)c(C=Nc3ccc(Br)cc3)c2=O)ccc1Br. The Bertz CT molecular complexity index is 969. The molecule has 1 heterocycles. The van der Waals surface area contributed by atoms with Crippen molar-refractivity contribution in [3.63, 3.8) is 0 Å². The van der Waals surface area contributed by atoms with Crippen LogP contribution in [-0.2, 0) is 0 Å². The number of aryl methyl sites for hydroxylation is 2. The van der Waals surface area contributed by atoms with Gasteiger partial charge in [0.15, 0.2) is 0 Å². The van der Waals surface area contributed by atoms with Crippen LogP contribution < -0.4 is 5.56 Å². The standard InChI is InChI=1S/C18H15Br2N3O/c1-11-9-15(7-8-17(11)20)23-18(24)16(12(2)22-23)10-21-14-5-3-13(19)4-6-14/h3-10,22H,1-2H3. The lowest BCUT2D eigenvalue weighted by atomic mass is 10.2. The molecule has 6 heteroatoms. The number of halogens is 2. The first kappa shape index (κ1) is 16.9. The van der Waals surface area contributed by atoms with E-state index in [-0.39, 0.29) is 5.56 Å². The molecule has 0 atom stereocenters. The molecule has 3 aromatic rings. The van der Waals surface area contributed by atoms with Gasteiger partial charge in [-0.1, -0.05) is 31.9 Å². The van der Waals surface area contributed by atoms with Crippen LogP contribution >= 0.6 is 31.9 Å². The number of hydrogen-bond donors (Lipinski definition) is 1. The van der Waals surface area contributed by atoms with Crippen molar-refractivity contribution in [1.82, 2.24) is 9.78 Å². The maximum atomic E-state index is 12.7. The smallest absolute Gasteiger partial charge is 0.280 e. The highest BCUT2D eigenvalue weighted by Crippen LogP contribution is 2.19. The Balaban J connectivity index is 1.99. The van der Waals surface area contributed by atoms with Gasteiger partial charge in [-0.15, -0.1) is 0 Å². The minimum absolute atomic E-state index is 0.116. The van der Waals surface area contributed by atoms with Gasteiger partial charge in [0.25, 0.3) is 5.56 Å². The van der Waals surface area contributed by atoms with E-state index in [9.17, 15) is 4.79 Å². The molecule has 0 aliphatic rings. The maximum absolute atomic E-state index is 12.7. The molecule has 0 bridgehead atoms. The van der Waals surface area contributed by atoms with Crippen molar-refractivity contribution >= 4 is 43.8 Å². The summed E-state index contributed by atoms with van der Waals surface area (Å²) in [5, 5.41) is 3.11. The third-order valence-electron chi connectivity index (χ3n) is 3.69. The second-order valence-corrected chi connectivity index (χ2v) is 7.23. The average molecular weight is 449 g/mol. The van der Waals surface area contributed by atoms with Gasteiger partial charge >= 0.3 is 0 Å². The third kappa shape index (κ3) is 3.44. The Kier molecular flexibility index (Phi) is 4.87. The molecule has 0 radical (unpaired) electrons. The second-order valence-electron chi connectivity index (χ2n) is 5.46. The quantitative estimate of drug-likeness (QED) is 0.559. The number of aromatic nitrogens is 2. The van der Waals surface area contributed by atoms with Gasteiger partial charge in [-0.2, -0.15) is 0 Å². The van der Waals surface area contributed by atoms with E-state index in [1.54, 1.807) is 6.21 Å². The van der Waals surface area contributed by atoms with Gasteiger partial charge in [0.2, 0.25) is 0 Å². The molecular formula is C18H15Br2N3O. The molecule has 1 aromatic heterocycles. The summed E-state index contributed by atoms with van der Waals surface area (Å²) < 4.78 is 3.55. The Morgan fingerprint density at radius 1 is 1.08 bits per heavy atom. The molecule has 0 spiro atoms. The van der Waals surface area contributed by atoms with E-state index in [1.807, 2.05) is 56.3 Å². The molecule has 24 heavy (non-hydrogen) atoms. The van der Waals surface area contributed by atoms with Crippen LogP contribution in [0.3, 0.4) is 0 Å². The minimum Gasteiger partial charge on any atom is -0.295 e. The third-order valence-corrected chi connectivity index (χ3v) is 5.10. The Hall–Kier alpha value is -1.92. The Morgan fingerprint density at radius 3 is 2.46 bits per heavy atom. The van der Waals surface area contributed by atoms with Crippen LogP contribution in [0.5, 0.6) is 0 Å². The highest BCUT2D eigenvalue weighted by molar-refractivity contribution is 9.10. The predicted molar refractivity (Wildman–Crippen MR) is 105 cm³/mol. The zero-order valence-corrected chi connectivity index (χ0v) is 16.3. The molecule has 3 rings (SSSR count). The number of hydrogen-bond acceptors (Lipinski definition) is 2. The number of H-pyrrole nitrogens is 1. The number of nitrogens with zero attached hydrogens (tertiary/aromatic N) is 2. The lowest BCUT2D eigenvalue weighted by Crippen LogP contribution is -2.17. The van der Waals surface area contributed by atoms with Crippen LogP contribution in [0.1, 0.15) is 16.8 Å². The first-order valence-corrected chi connectivity index (χ1v) is 8.92. The minimum atomic E-state index is -0.116. The molecule has 0 unspecified atom stereocenters. The van der Waals surface area contributed by atoms with Crippen LogP contribution in [0.4, 0.5) is 5.69 Å². The van der Waals surface area contributed by atoms with Crippen molar-refractivity contribution in [2.75, 3.05) is 0 Å². The van der Waals surface area contributed by atoms with Crippen LogP contribution in [0.15, 0.2) is 61.2 Å². The van der Waals surface area contributed by atoms with Crippen LogP contribution in [0, 0.1) is 13.8 Å². The summed E-state index contributed by atoms with van der Waals surface area (Å²) in [5.41, 5.74) is 3.88. The van der Waals surface area contributed by atoms with Gasteiger partial charge in [0, 0.05) is 20.9 Å². The van der Waals surface area contributed by atoms with E-state index >= 15 is 0 Å². The Morgan fingerprint density at radius 2 is 1.79 bits per heavy atom. The summed E-state index contributed by atoms with van der Waals surface area (Å²) in [6, 6.07) is 13.4. The summed E-state index contributed by atoms with van der Waals surface area (Å²) in [4.78, 5) is 17.1. The van der Waals surface area contributed by atoms with Gasteiger partial charge in [0.1, 0.15) is 0 Å². The van der Waals surface area contributed by atoms with Crippen molar-refractivity contribution in [3.05, 3.63) is 78.6 Å². The summed E-state index contributed by atoms with van der Waals surface area (Å²) >= 11 is 6.86. The molecule has 0 aliphatic carbocycles. The van der Waals surface area contributed by atoms with E-state index in [0.29, 0.717) is 5.56 Å². The van der Waals surface area contributed by atoms with Crippen molar-refractivity contribution in [2.45, 2.75) is 13.8 Å². The van der Waals surface area contributed by atoms with Gasteiger partial charge < -0.3 is 0 Å². The highest BCUT2D eigenvalue weighted by Gasteiger charge is 2.11. The molecule has 122 valence electrons. The van der Waals surface area contributed by atoms with E-state index in [0.717, 1.165) is 31.6 Å². The van der Waals surface area contributed by atoms with Crippen molar-refractivity contribution in [1.29, 1.82) is 0 Å². The van der Waals surface area contributed by atoms with E-state index in [4.69, 9.17) is 0 Å². The highest BCUT2D eigenvalue weighted by atomic mass is 79.9. The number of aromatic amines is 1. The van der Waals surface area contributed by atoms with E-state index in [2.05, 4.69) is 42.0 Å². The molecule has 0 aliphatic heterocycles. The second kappa shape index (κ2) is 6.91. The number of aliphatic imine (C=N–C) groups is 1. The molecule has 0 amide bonds. The first-order chi connectivity index (χ1) is 11.5. The molecule has 2 aromatic carbocycles. The molecular weight excluding hydrogens is 434 g/mol. The van der Waals surface area contributed by atoms with Gasteiger partial charge in [-0.05, 0) is 61.9 Å². The topological polar surface area (TPSA) is 50.1 Å². The van der Waals surface area contributed by atoms with Crippen LogP contribution in [-0.4, -0.2) is 16.0 Å². The fourth-order valence-corrected chi connectivity index (χ4v) is 2.84. The van der Waals surface area contributed by atoms with Gasteiger partial charge in [-0.25, -0.2) is 4.68 Å². The van der Waals surface area contributed by atoms with Crippen molar-refractivity contribution in [2.24, 2.45) is 4.99 Å². The number of benzene rings is 2. The van der Waals surface area contributed by atoms with E-state index < -0.39 is 0 Å². The van der Waals surface area contributed by atoms with Crippen molar-refractivity contribution < 1.29 is 0 Å². The summed E-state index contributed by atoms with van der Waals surface area (Å²) in [5.74, 6) is 0. The zero-order valence-electron chi connectivity index (χ0n) is 13.2. The van der Waals surface area contributed by atoms with Crippen molar-refractivity contribution in [3.8, 4) is 5.69 Å². The maximum Gasteiger partial charge on any atom is 0.280 e. The van der Waals surface area contributed by atoms with E-state index in [1.165, 1.54) is 4.68 Å². The fraction of sp³-hybridized carbons (Fsp3) is 0.111. The number of nitrogens with one attached hydrogen (secondary N) is 1. The van der Waals surface area contributed by atoms with Crippen LogP contribution in [0.2, 0.25) is 0 Å². The summed E-state index contributed by atoms with van der Waals surface area (Å²) in [7, 11) is 0.